The average molecular weight is 500 g/mol. The van der Waals surface area contributed by atoms with E-state index in [1.807, 2.05) is 22.8 Å². The van der Waals surface area contributed by atoms with Gasteiger partial charge in [-0.25, -0.2) is 4.39 Å². The van der Waals surface area contributed by atoms with Crippen LogP contribution in [-0.2, 0) is 22.6 Å². The first-order valence-electron chi connectivity index (χ1n) is 11.4. The van der Waals surface area contributed by atoms with Crippen molar-refractivity contribution in [1.29, 1.82) is 0 Å². The fourth-order valence-corrected chi connectivity index (χ4v) is 4.70. The molecule has 0 saturated carbocycles. The Labute approximate surface area is 206 Å². The molecule has 0 atom stereocenters. The number of carbonyl (C=O) groups excluding carboxylic acids is 1. The molecule has 3 aromatic rings. The molecule has 0 radical (unpaired) electrons. The second-order valence-corrected chi connectivity index (χ2v) is 9.11. The van der Waals surface area contributed by atoms with Gasteiger partial charge in [0.1, 0.15) is 5.82 Å². The predicted octanol–water partition coefficient (Wildman–Crippen LogP) is 2.55. The number of morpholine rings is 1. The Kier molecular flexibility index (Phi) is 7.45. The minimum Gasteiger partial charge on any atom is -0.454 e. The van der Waals surface area contributed by atoms with Crippen LogP contribution < -0.4 is 14.8 Å². The molecule has 2 aromatic carbocycles. The molecule has 0 bridgehead atoms. The summed E-state index contributed by atoms with van der Waals surface area (Å²) >= 11 is 1.33. The Balaban J connectivity index is 1.22. The van der Waals surface area contributed by atoms with E-state index in [1.54, 1.807) is 12.1 Å². The first kappa shape index (κ1) is 23.6. The maximum absolute atomic E-state index is 13.4. The summed E-state index contributed by atoms with van der Waals surface area (Å²) in [4.78, 5) is 14.9. The maximum atomic E-state index is 13.4. The molecule has 5 rings (SSSR count). The smallest absolute Gasteiger partial charge is 0.231 e. The predicted molar refractivity (Wildman–Crippen MR) is 128 cm³/mol. The van der Waals surface area contributed by atoms with Crippen LogP contribution in [0.2, 0.25) is 0 Å². The van der Waals surface area contributed by atoms with Crippen molar-refractivity contribution in [3.8, 4) is 22.9 Å². The summed E-state index contributed by atoms with van der Waals surface area (Å²) in [5, 5.41) is 12.3. The first-order chi connectivity index (χ1) is 17.2. The molecule has 1 N–H and O–H groups in total. The highest BCUT2D eigenvalue weighted by Crippen LogP contribution is 2.32. The van der Waals surface area contributed by atoms with Crippen molar-refractivity contribution in [2.75, 3.05) is 45.4 Å². The van der Waals surface area contributed by atoms with Gasteiger partial charge in [-0.3, -0.25) is 9.69 Å². The van der Waals surface area contributed by atoms with E-state index in [2.05, 4.69) is 20.4 Å². The number of hydrogen-bond donors (Lipinski definition) is 1. The lowest BCUT2D eigenvalue weighted by Crippen LogP contribution is -2.38. The lowest BCUT2D eigenvalue weighted by atomic mass is 10.2. The molecular formula is C24H26FN5O4S. The number of halogens is 1. The SMILES string of the molecule is O=C(CSc1nnc(-c2ccc(F)cc2)n1CCN1CCOCC1)NCc1ccc2c(c1)OCO2. The van der Waals surface area contributed by atoms with E-state index in [-0.39, 0.29) is 24.3 Å². The van der Waals surface area contributed by atoms with Gasteiger partial charge in [-0.2, -0.15) is 0 Å². The summed E-state index contributed by atoms with van der Waals surface area (Å²) in [5.74, 6) is 1.84. The van der Waals surface area contributed by atoms with Gasteiger partial charge in [-0.05, 0) is 42.0 Å². The van der Waals surface area contributed by atoms with Crippen molar-refractivity contribution >= 4 is 17.7 Å². The molecule has 9 nitrogen and oxygen atoms in total. The largest absolute Gasteiger partial charge is 0.454 e. The highest BCUT2D eigenvalue weighted by atomic mass is 32.2. The number of rotatable bonds is 9. The molecule has 1 amide bonds. The Morgan fingerprint density at radius 3 is 2.66 bits per heavy atom. The third-order valence-electron chi connectivity index (χ3n) is 5.82. The molecule has 1 aromatic heterocycles. The summed E-state index contributed by atoms with van der Waals surface area (Å²) in [6.07, 6.45) is 0. The summed E-state index contributed by atoms with van der Waals surface area (Å²) in [6, 6.07) is 11.8. The van der Waals surface area contributed by atoms with E-state index in [9.17, 15) is 9.18 Å². The van der Waals surface area contributed by atoms with E-state index in [4.69, 9.17) is 14.2 Å². The van der Waals surface area contributed by atoms with Crippen molar-refractivity contribution in [3.63, 3.8) is 0 Å². The quantitative estimate of drug-likeness (QED) is 0.450. The van der Waals surface area contributed by atoms with Crippen LogP contribution in [0.15, 0.2) is 47.6 Å². The van der Waals surface area contributed by atoms with Crippen LogP contribution in [0.25, 0.3) is 11.4 Å². The monoisotopic (exact) mass is 499 g/mol. The molecule has 2 aliphatic rings. The molecule has 2 aliphatic heterocycles. The number of benzene rings is 2. The Bertz CT molecular complexity index is 1170. The zero-order valence-corrected chi connectivity index (χ0v) is 19.9. The van der Waals surface area contributed by atoms with Crippen molar-refractivity contribution < 1.29 is 23.4 Å². The zero-order chi connectivity index (χ0) is 24.0. The van der Waals surface area contributed by atoms with E-state index < -0.39 is 0 Å². The second-order valence-electron chi connectivity index (χ2n) is 8.17. The Morgan fingerprint density at radius 1 is 1.03 bits per heavy atom. The molecule has 1 fully saturated rings. The normalized spacial score (nSPS) is 15.3. The Hall–Kier alpha value is -3.15. The van der Waals surface area contributed by atoms with Crippen LogP contribution >= 0.6 is 11.8 Å². The standard InChI is InChI=1S/C24H26FN5O4S/c25-19-4-2-18(3-5-19)23-27-28-24(30(23)8-7-29-9-11-32-12-10-29)35-15-22(31)26-14-17-1-6-20-21(13-17)34-16-33-20/h1-6,13H,7-12,14-16H2,(H,26,31). The molecule has 0 unspecified atom stereocenters. The third-order valence-corrected chi connectivity index (χ3v) is 6.79. The molecule has 11 heteroatoms. The van der Waals surface area contributed by atoms with Gasteiger partial charge in [0.2, 0.25) is 12.7 Å². The van der Waals surface area contributed by atoms with E-state index in [0.29, 0.717) is 35.6 Å². The summed E-state index contributed by atoms with van der Waals surface area (Å²) in [6.45, 7) is 5.25. The number of nitrogens with zero attached hydrogens (tertiary/aromatic N) is 4. The number of nitrogens with one attached hydrogen (secondary N) is 1. The zero-order valence-electron chi connectivity index (χ0n) is 19.1. The molecule has 184 valence electrons. The second kappa shape index (κ2) is 11.1. The van der Waals surface area contributed by atoms with Crippen LogP contribution in [0, 0.1) is 5.82 Å². The van der Waals surface area contributed by atoms with E-state index >= 15 is 0 Å². The summed E-state index contributed by atoms with van der Waals surface area (Å²) in [7, 11) is 0. The molecule has 0 aliphatic carbocycles. The fourth-order valence-electron chi connectivity index (χ4n) is 3.91. The topological polar surface area (TPSA) is 90.7 Å². The highest BCUT2D eigenvalue weighted by molar-refractivity contribution is 7.99. The number of thioether (sulfide) groups is 1. The molecule has 3 heterocycles. The number of carbonyl (C=O) groups is 1. The van der Waals surface area contributed by atoms with Crippen LogP contribution in [-0.4, -0.2) is 71.0 Å². The van der Waals surface area contributed by atoms with E-state index in [1.165, 1.54) is 23.9 Å². The van der Waals surface area contributed by atoms with Crippen molar-refractivity contribution in [2.45, 2.75) is 18.2 Å². The Morgan fingerprint density at radius 2 is 1.83 bits per heavy atom. The van der Waals surface area contributed by atoms with Gasteiger partial charge in [-0.15, -0.1) is 10.2 Å². The fraction of sp³-hybridized carbons (Fsp3) is 0.375. The summed E-state index contributed by atoms with van der Waals surface area (Å²) < 4.78 is 31.6. The van der Waals surface area contributed by atoms with Gasteiger partial charge in [0.25, 0.3) is 0 Å². The minimum atomic E-state index is -0.304. The maximum Gasteiger partial charge on any atom is 0.231 e. The number of hydrogen-bond acceptors (Lipinski definition) is 8. The minimum absolute atomic E-state index is 0.112. The van der Waals surface area contributed by atoms with Gasteiger partial charge in [0.15, 0.2) is 22.5 Å². The number of ether oxygens (including phenoxy) is 3. The van der Waals surface area contributed by atoms with Gasteiger partial charge >= 0.3 is 0 Å². The highest BCUT2D eigenvalue weighted by Gasteiger charge is 2.18. The van der Waals surface area contributed by atoms with Gasteiger partial charge in [-0.1, -0.05) is 17.8 Å². The lowest BCUT2D eigenvalue weighted by molar-refractivity contribution is -0.118. The van der Waals surface area contributed by atoms with Crippen LogP contribution in [0.5, 0.6) is 11.5 Å². The van der Waals surface area contributed by atoms with Crippen molar-refractivity contribution in [3.05, 3.63) is 53.8 Å². The van der Waals surface area contributed by atoms with Gasteiger partial charge in [0.05, 0.1) is 19.0 Å². The third kappa shape index (κ3) is 5.92. The number of amides is 1. The van der Waals surface area contributed by atoms with Crippen LogP contribution in [0.3, 0.4) is 0 Å². The van der Waals surface area contributed by atoms with Crippen LogP contribution in [0.4, 0.5) is 4.39 Å². The first-order valence-corrected chi connectivity index (χ1v) is 12.4. The molecular weight excluding hydrogens is 473 g/mol. The average Bonchev–Trinajstić information content (AvgIpc) is 3.52. The van der Waals surface area contributed by atoms with Gasteiger partial charge in [0, 0.05) is 38.3 Å². The molecule has 35 heavy (non-hydrogen) atoms. The summed E-state index contributed by atoms with van der Waals surface area (Å²) in [5.41, 5.74) is 1.71. The van der Waals surface area contributed by atoms with Crippen molar-refractivity contribution in [1.82, 2.24) is 25.0 Å². The van der Waals surface area contributed by atoms with Crippen LogP contribution in [0.1, 0.15) is 5.56 Å². The molecule has 1 saturated heterocycles. The van der Waals surface area contributed by atoms with E-state index in [0.717, 1.165) is 44.0 Å². The lowest BCUT2D eigenvalue weighted by Gasteiger charge is -2.27. The number of aromatic nitrogens is 3. The van der Waals surface area contributed by atoms with Gasteiger partial charge < -0.3 is 24.1 Å². The molecule has 0 spiro atoms. The van der Waals surface area contributed by atoms with Crippen molar-refractivity contribution in [2.24, 2.45) is 0 Å². The number of fused-ring (bicyclic) bond motifs is 1.